The van der Waals surface area contributed by atoms with E-state index in [2.05, 4.69) is 17.1 Å². The van der Waals surface area contributed by atoms with E-state index in [1.165, 1.54) is 38.5 Å². The summed E-state index contributed by atoms with van der Waals surface area (Å²) >= 11 is 0. The van der Waals surface area contributed by atoms with Crippen LogP contribution in [0.2, 0.25) is 0 Å². The largest absolute Gasteiger partial charge is 0.341 e. The first-order valence-corrected chi connectivity index (χ1v) is 7.33. The van der Waals surface area contributed by atoms with Crippen molar-refractivity contribution in [1.29, 1.82) is 0 Å². The molecule has 0 saturated carbocycles. The second-order valence-corrected chi connectivity index (χ2v) is 5.53. The number of nitrogens with one attached hydrogen (secondary N) is 1. The van der Waals surface area contributed by atoms with Crippen molar-refractivity contribution in [3.05, 3.63) is 0 Å². The summed E-state index contributed by atoms with van der Waals surface area (Å²) in [7, 11) is 0. The molecule has 2 atom stereocenters. The highest BCUT2D eigenvalue weighted by Gasteiger charge is 2.27. The molecular weight excluding hydrogens is 212 g/mol. The van der Waals surface area contributed by atoms with E-state index in [1.807, 2.05) is 0 Å². The lowest BCUT2D eigenvalue weighted by Gasteiger charge is -2.29. The lowest BCUT2D eigenvalue weighted by molar-refractivity contribution is -0.134. The van der Waals surface area contributed by atoms with Crippen LogP contribution >= 0.6 is 0 Å². The van der Waals surface area contributed by atoms with E-state index in [0.717, 1.165) is 32.0 Å². The Morgan fingerprint density at radius 3 is 2.76 bits per heavy atom. The molecule has 0 bridgehead atoms. The zero-order valence-electron chi connectivity index (χ0n) is 11.1. The minimum atomic E-state index is 0.113. The third-order valence-corrected chi connectivity index (χ3v) is 4.35. The van der Waals surface area contributed by atoms with Gasteiger partial charge in [-0.2, -0.15) is 0 Å². The molecule has 3 heteroatoms. The Kier molecular flexibility index (Phi) is 4.84. The zero-order chi connectivity index (χ0) is 12.1. The van der Waals surface area contributed by atoms with Crippen LogP contribution in [0.15, 0.2) is 0 Å². The number of carbonyl (C=O) groups is 1. The topological polar surface area (TPSA) is 32.3 Å². The second kappa shape index (κ2) is 6.39. The Labute approximate surface area is 105 Å². The van der Waals surface area contributed by atoms with Crippen LogP contribution in [0.1, 0.15) is 51.9 Å². The van der Waals surface area contributed by atoms with Gasteiger partial charge in [0.25, 0.3) is 0 Å². The maximum atomic E-state index is 12.4. The fraction of sp³-hybridized carbons (Fsp3) is 0.929. The smallest absolute Gasteiger partial charge is 0.239 e. The molecule has 0 aliphatic carbocycles. The van der Waals surface area contributed by atoms with Crippen molar-refractivity contribution in [2.24, 2.45) is 5.92 Å². The third-order valence-electron chi connectivity index (χ3n) is 4.35. The van der Waals surface area contributed by atoms with Crippen LogP contribution in [0.3, 0.4) is 0 Å². The van der Waals surface area contributed by atoms with Crippen LogP contribution in [0.25, 0.3) is 0 Å². The van der Waals surface area contributed by atoms with Crippen LogP contribution in [-0.2, 0) is 4.79 Å². The van der Waals surface area contributed by atoms with Crippen LogP contribution in [0.4, 0.5) is 0 Å². The van der Waals surface area contributed by atoms with E-state index in [4.69, 9.17) is 0 Å². The van der Waals surface area contributed by atoms with Crippen molar-refractivity contribution in [2.75, 3.05) is 19.6 Å². The summed E-state index contributed by atoms with van der Waals surface area (Å²) in [5.41, 5.74) is 0. The van der Waals surface area contributed by atoms with E-state index >= 15 is 0 Å². The number of rotatable bonds is 2. The summed E-state index contributed by atoms with van der Waals surface area (Å²) < 4.78 is 0. The summed E-state index contributed by atoms with van der Waals surface area (Å²) in [5, 5.41) is 3.37. The van der Waals surface area contributed by atoms with Crippen molar-refractivity contribution < 1.29 is 4.79 Å². The van der Waals surface area contributed by atoms with Gasteiger partial charge in [0.15, 0.2) is 0 Å². The summed E-state index contributed by atoms with van der Waals surface area (Å²) in [6, 6.07) is 0.113. The summed E-state index contributed by atoms with van der Waals surface area (Å²) in [6.45, 7) is 5.25. The predicted octanol–water partition coefficient (Wildman–Crippen LogP) is 2.17. The van der Waals surface area contributed by atoms with E-state index < -0.39 is 0 Å². The first-order chi connectivity index (χ1) is 8.31. The molecule has 2 aliphatic heterocycles. The van der Waals surface area contributed by atoms with Crippen molar-refractivity contribution in [3.63, 3.8) is 0 Å². The molecule has 0 spiro atoms. The Bertz CT molecular complexity index is 249. The summed E-state index contributed by atoms with van der Waals surface area (Å²) in [5.74, 6) is 1.20. The van der Waals surface area contributed by atoms with Crippen molar-refractivity contribution in [2.45, 2.75) is 57.9 Å². The normalized spacial score (nSPS) is 31.0. The van der Waals surface area contributed by atoms with E-state index in [-0.39, 0.29) is 6.04 Å². The molecule has 0 aromatic heterocycles. The lowest BCUT2D eigenvalue weighted by Crippen LogP contribution is -2.48. The van der Waals surface area contributed by atoms with Gasteiger partial charge in [-0.15, -0.1) is 0 Å². The molecule has 2 aliphatic rings. The fourth-order valence-corrected chi connectivity index (χ4v) is 3.08. The van der Waals surface area contributed by atoms with Crippen LogP contribution in [0.5, 0.6) is 0 Å². The lowest BCUT2D eigenvalue weighted by atomic mass is 9.98. The number of nitrogens with zero attached hydrogens (tertiary/aromatic N) is 1. The van der Waals surface area contributed by atoms with Gasteiger partial charge in [-0.25, -0.2) is 0 Å². The zero-order valence-corrected chi connectivity index (χ0v) is 11.1. The van der Waals surface area contributed by atoms with Gasteiger partial charge >= 0.3 is 0 Å². The highest BCUT2D eigenvalue weighted by molar-refractivity contribution is 5.82. The molecule has 2 rings (SSSR count). The van der Waals surface area contributed by atoms with Crippen molar-refractivity contribution in [1.82, 2.24) is 10.2 Å². The average Bonchev–Trinajstić information content (AvgIpc) is 2.64. The first-order valence-electron chi connectivity index (χ1n) is 7.33. The molecule has 2 heterocycles. The predicted molar refractivity (Wildman–Crippen MR) is 69.9 cm³/mol. The molecule has 0 aromatic carbocycles. The van der Waals surface area contributed by atoms with Gasteiger partial charge in [0.05, 0.1) is 6.04 Å². The molecule has 17 heavy (non-hydrogen) atoms. The molecule has 0 aromatic rings. The van der Waals surface area contributed by atoms with Gasteiger partial charge in [-0.3, -0.25) is 4.79 Å². The third kappa shape index (κ3) is 3.44. The molecule has 1 amide bonds. The maximum absolute atomic E-state index is 12.4. The van der Waals surface area contributed by atoms with Crippen molar-refractivity contribution in [3.8, 4) is 0 Å². The van der Waals surface area contributed by atoms with Crippen LogP contribution in [0, 0.1) is 5.92 Å². The van der Waals surface area contributed by atoms with E-state index in [1.54, 1.807) is 0 Å². The number of hydrogen-bond donors (Lipinski definition) is 1. The molecular formula is C14H26N2O. The van der Waals surface area contributed by atoms with E-state index in [9.17, 15) is 4.79 Å². The van der Waals surface area contributed by atoms with Crippen molar-refractivity contribution >= 4 is 5.91 Å². The highest BCUT2D eigenvalue weighted by Crippen LogP contribution is 2.21. The number of carbonyl (C=O) groups excluding carboxylic acids is 1. The van der Waals surface area contributed by atoms with Gasteiger partial charge in [0.1, 0.15) is 0 Å². The SMILES string of the molecule is CCC1CCCN(C(=O)C2CCCCN2)CC1. The maximum Gasteiger partial charge on any atom is 0.239 e. The Morgan fingerprint density at radius 2 is 2.06 bits per heavy atom. The quantitative estimate of drug-likeness (QED) is 0.799. The molecule has 2 unspecified atom stereocenters. The number of hydrogen-bond acceptors (Lipinski definition) is 2. The fourth-order valence-electron chi connectivity index (χ4n) is 3.08. The molecule has 2 fully saturated rings. The van der Waals surface area contributed by atoms with Crippen LogP contribution in [-0.4, -0.2) is 36.5 Å². The van der Waals surface area contributed by atoms with Gasteiger partial charge < -0.3 is 10.2 Å². The monoisotopic (exact) mass is 238 g/mol. The summed E-state index contributed by atoms with van der Waals surface area (Å²) in [6.07, 6.45) is 8.43. The average molecular weight is 238 g/mol. The Balaban J connectivity index is 1.85. The summed E-state index contributed by atoms with van der Waals surface area (Å²) in [4.78, 5) is 14.5. The highest BCUT2D eigenvalue weighted by atomic mass is 16.2. The van der Waals surface area contributed by atoms with Gasteiger partial charge in [-0.1, -0.05) is 19.8 Å². The minimum absolute atomic E-state index is 0.113. The molecule has 98 valence electrons. The van der Waals surface area contributed by atoms with Crippen LogP contribution < -0.4 is 5.32 Å². The van der Waals surface area contributed by atoms with Gasteiger partial charge in [0.2, 0.25) is 5.91 Å². The molecule has 1 N–H and O–H groups in total. The Morgan fingerprint density at radius 1 is 1.18 bits per heavy atom. The number of piperidine rings is 1. The van der Waals surface area contributed by atoms with E-state index in [0.29, 0.717) is 5.91 Å². The molecule has 0 radical (unpaired) electrons. The number of amides is 1. The Hall–Kier alpha value is -0.570. The minimum Gasteiger partial charge on any atom is -0.341 e. The number of likely N-dealkylation sites (tertiary alicyclic amines) is 1. The second-order valence-electron chi connectivity index (χ2n) is 5.53. The standard InChI is InChI=1S/C14H26N2O/c1-2-12-6-5-10-16(11-8-12)14(17)13-7-3-4-9-15-13/h12-13,15H,2-11H2,1H3. The van der Waals surface area contributed by atoms with Gasteiger partial charge in [-0.05, 0) is 44.6 Å². The molecule has 2 saturated heterocycles. The van der Waals surface area contributed by atoms with Gasteiger partial charge in [0, 0.05) is 13.1 Å². The molecule has 3 nitrogen and oxygen atoms in total. The first kappa shape index (κ1) is 12.9.